The van der Waals surface area contributed by atoms with E-state index in [4.69, 9.17) is 0 Å². The molecule has 0 bridgehead atoms. The first-order chi connectivity index (χ1) is 9.31. The van der Waals surface area contributed by atoms with Crippen molar-refractivity contribution in [2.24, 2.45) is 5.41 Å². The number of aromatic nitrogens is 3. The van der Waals surface area contributed by atoms with Crippen molar-refractivity contribution < 1.29 is 0 Å². The summed E-state index contributed by atoms with van der Waals surface area (Å²) in [5.41, 5.74) is 0.530. The zero-order chi connectivity index (χ0) is 13.1. The molecule has 19 heavy (non-hydrogen) atoms. The molecule has 2 aliphatic heterocycles. The molecule has 0 unspecified atom stereocenters. The first-order valence-corrected chi connectivity index (χ1v) is 7.61. The Hall–Kier alpha value is -0.940. The summed E-state index contributed by atoms with van der Waals surface area (Å²) in [6.45, 7) is 9.08. The van der Waals surface area contributed by atoms with Crippen molar-refractivity contribution in [1.29, 1.82) is 0 Å². The second-order valence-electron chi connectivity index (χ2n) is 6.15. The van der Waals surface area contributed by atoms with Gasteiger partial charge in [0, 0.05) is 19.6 Å². The highest BCUT2D eigenvalue weighted by atomic mass is 15.3. The summed E-state index contributed by atoms with van der Waals surface area (Å²) in [5.74, 6) is 1.13. The van der Waals surface area contributed by atoms with Crippen molar-refractivity contribution in [3.63, 3.8) is 0 Å². The van der Waals surface area contributed by atoms with E-state index in [9.17, 15) is 0 Å². The lowest BCUT2D eigenvalue weighted by Gasteiger charge is -2.42. The van der Waals surface area contributed by atoms with Crippen LogP contribution in [0.1, 0.15) is 38.4 Å². The largest absolute Gasteiger partial charge is 0.317 e. The van der Waals surface area contributed by atoms with Gasteiger partial charge in [0.1, 0.15) is 12.2 Å². The fourth-order valence-corrected chi connectivity index (χ4v) is 3.70. The van der Waals surface area contributed by atoms with Crippen LogP contribution in [0.2, 0.25) is 0 Å². The Labute approximate surface area is 115 Å². The molecule has 1 aromatic heterocycles. The SMILES string of the molecule is CCCC1(CN2CCn3cnnc3C2)CCNCC1. The molecule has 0 saturated carbocycles. The molecule has 2 aliphatic rings. The van der Waals surface area contributed by atoms with Crippen LogP contribution >= 0.6 is 0 Å². The lowest BCUT2D eigenvalue weighted by molar-refractivity contribution is 0.0827. The smallest absolute Gasteiger partial charge is 0.147 e. The number of hydrogen-bond donors (Lipinski definition) is 1. The molecule has 106 valence electrons. The van der Waals surface area contributed by atoms with Gasteiger partial charge in [0.25, 0.3) is 0 Å². The Morgan fingerprint density at radius 3 is 2.95 bits per heavy atom. The Bertz CT molecular complexity index is 402. The Balaban J connectivity index is 1.66. The number of fused-ring (bicyclic) bond motifs is 1. The third-order valence-electron chi connectivity index (χ3n) is 4.72. The molecule has 3 heterocycles. The average molecular weight is 263 g/mol. The van der Waals surface area contributed by atoms with E-state index in [1.807, 2.05) is 6.33 Å². The molecule has 1 N–H and O–H groups in total. The second-order valence-corrected chi connectivity index (χ2v) is 6.15. The van der Waals surface area contributed by atoms with Crippen molar-refractivity contribution in [3.05, 3.63) is 12.2 Å². The van der Waals surface area contributed by atoms with Gasteiger partial charge < -0.3 is 9.88 Å². The van der Waals surface area contributed by atoms with Gasteiger partial charge in [-0.05, 0) is 37.8 Å². The molecular formula is C14H25N5. The van der Waals surface area contributed by atoms with Crippen molar-refractivity contribution >= 4 is 0 Å². The summed E-state index contributed by atoms with van der Waals surface area (Å²) in [6, 6.07) is 0. The van der Waals surface area contributed by atoms with Crippen LogP contribution in [0.15, 0.2) is 6.33 Å². The van der Waals surface area contributed by atoms with Gasteiger partial charge in [0.15, 0.2) is 0 Å². The molecule has 0 amide bonds. The van der Waals surface area contributed by atoms with Crippen LogP contribution in [0.5, 0.6) is 0 Å². The van der Waals surface area contributed by atoms with E-state index in [1.165, 1.54) is 45.3 Å². The zero-order valence-electron chi connectivity index (χ0n) is 11.9. The van der Waals surface area contributed by atoms with Gasteiger partial charge in [-0.2, -0.15) is 0 Å². The standard InChI is InChI=1S/C14H25N5/c1-2-3-14(4-6-15-7-5-14)11-18-8-9-19-12-16-17-13(19)10-18/h12,15H,2-11H2,1H3. The van der Waals surface area contributed by atoms with E-state index in [2.05, 4.69) is 31.9 Å². The van der Waals surface area contributed by atoms with Crippen LogP contribution in [-0.2, 0) is 13.1 Å². The first-order valence-electron chi connectivity index (χ1n) is 7.61. The fraction of sp³-hybridized carbons (Fsp3) is 0.857. The van der Waals surface area contributed by atoms with E-state index in [0.29, 0.717) is 5.41 Å². The number of rotatable bonds is 4. The van der Waals surface area contributed by atoms with E-state index in [0.717, 1.165) is 25.5 Å². The Morgan fingerprint density at radius 2 is 2.16 bits per heavy atom. The van der Waals surface area contributed by atoms with Gasteiger partial charge in [-0.1, -0.05) is 13.3 Å². The van der Waals surface area contributed by atoms with Crippen LogP contribution in [0.3, 0.4) is 0 Å². The molecular weight excluding hydrogens is 238 g/mol. The predicted octanol–water partition coefficient (Wildman–Crippen LogP) is 1.26. The number of nitrogens with one attached hydrogen (secondary N) is 1. The van der Waals surface area contributed by atoms with Gasteiger partial charge >= 0.3 is 0 Å². The van der Waals surface area contributed by atoms with Crippen molar-refractivity contribution in [3.8, 4) is 0 Å². The van der Waals surface area contributed by atoms with Crippen molar-refractivity contribution in [2.75, 3.05) is 26.2 Å². The van der Waals surface area contributed by atoms with Crippen molar-refractivity contribution in [2.45, 2.75) is 45.7 Å². The Morgan fingerprint density at radius 1 is 1.32 bits per heavy atom. The van der Waals surface area contributed by atoms with Crippen LogP contribution in [-0.4, -0.2) is 45.8 Å². The monoisotopic (exact) mass is 263 g/mol. The molecule has 5 heteroatoms. The molecule has 1 saturated heterocycles. The molecule has 0 aromatic carbocycles. The predicted molar refractivity (Wildman–Crippen MR) is 74.7 cm³/mol. The molecule has 1 fully saturated rings. The van der Waals surface area contributed by atoms with Gasteiger partial charge in [0.05, 0.1) is 6.54 Å². The van der Waals surface area contributed by atoms with Crippen molar-refractivity contribution in [1.82, 2.24) is 25.0 Å². The Kier molecular flexibility index (Phi) is 3.84. The van der Waals surface area contributed by atoms with Crippen LogP contribution in [0, 0.1) is 5.41 Å². The van der Waals surface area contributed by atoms with E-state index < -0.39 is 0 Å². The maximum absolute atomic E-state index is 4.23. The average Bonchev–Trinajstić information content (AvgIpc) is 2.87. The fourth-order valence-electron chi connectivity index (χ4n) is 3.70. The minimum atomic E-state index is 0.530. The summed E-state index contributed by atoms with van der Waals surface area (Å²) in [6.07, 6.45) is 7.16. The molecule has 0 spiro atoms. The lowest BCUT2D eigenvalue weighted by atomic mass is 9.75. The number of nitrogens with zero attached hydrogens (tertiary/aromatic N) is 4. The van der Waals surface area contributed by atoms with Gasteiger partial charge in [-0.15, -0.1) is 10.2 Å². The minimum absolute atomic E-state index is 0.530. The van der Waals surface area contributed by atoms with Gasteiger partial charge in [-0.25, -0.2) is 0 Å². The van der Waals surface area contributed by atoms with E-state index in [1.54, 1.807) is 0 Å². The summed E-state index contributed by atoms with van der Waals surface area (Å²) in [5, 5.41) is 11.7. The van der Waals surface area contributed by atoms with Gasteiger partial charge in [-0.3, -0.25) is 4.90 Å². The summed E-state index contributed by atoms with van der Waals surface area (Å²) in [4.78, 5) is 2.59. The first kappa shape index (κ1) is 13.1. The van der Waals surface area contributed by atoms with Crippen LogP contribution in [0.4, 0.5) is 0 Å². The topological polar surface area (TPSA) is 46.0 Å². The van der Waals surface area contributed by atoms with Crippen LogP contribution in [0.25, 0.3) is 0 Å². The summed E-state index contributed by atoms with van der Waals surface area (Å²) < 4.78 is 2.19. The summed E-state index contributed by atoms with van der Waals surface area (Å²) in [7, 11) is 0. The third kappa shape index (κ3) is 2.82. The second kappa shape index (κ2) is 5.59. The zero-order valence-corrected chi connectivity index (χ0v) is 11.9. The minimum Gasteiger partial charge on any atom is -0.317 e. The highest BCUT2D eigenvalue weighted by Gasteiger charge is 2.34. The maximum Gasteiger partial charge on any atom is 0.147 e. The molecule has 5 nitrogen and oxygen atoms in total. The lowest BCUT2D eigenvalue weighted by Crippen LogP contribution is -2.46. The normalized spacial score (nSPS) is 23.2. The highest BCUT2D eigenvalue weighted by molar-refractivity contribution is 4.93. The van der Waals surface area contributed by atoms with E-state index in [-0.39, 0.29) is 0 Å². The molecule has 0 radical (unpaired) electrons. The van der Waals surface area contributed by atoms with Gasteiger partial charge in [0.2, 0.25) is 0 Å². The quantitative estimate of drug-likeness (QED) is 0.888. The van der Waals surface area contributed by atoms with E-state index >= 15 is 0 Å². The molecule has 1 aromatic rings. The molecule has 0 aliphatic carbocycles. The maximum atomic E-state index is 4.23. The number of piperidine rings is 1. The highest BCUT2D eigenvalue weighted by Crippen LogP contribution is 2.35. The van der Waals surface area contributed by atoms with Crippen LogP contribution < -0.4 is 5.32 Å². The summed E-state index contributed by atoms with van der Waals surface area (Å²) >= 11 is 0. The molecule has 3 rings (SSSR count). The third-order valence-corrected chi connectivity index (χ3v) is 4.72. The molecule has 0 atom stereocenters. The number of hydrogen-bond acceptors (Lipinski definition) is 4.